The Labute approximate surface area is 138 Å². The van der Waals surface area contributed by atoms with Gasteiger partial charge in [-0.1, -0.05) is 0 Å². The van der Waals surface area contributed by atoms with Crippen LogP contribution in [-0.4, -0.2) is 45.8 Å². The molecule has 1 atom stereocenters. The molecule has 2 aromatic heterocycles. The van der Waals surface area contributed by atoms with Crippen LogP contribution in [0.5, 0.6) is 0 Å². The number of hydrogen-bond donors (Lipinski definition) is 1. The van der Waals surface area contributed by atoms with E-state index in [2.05, 4.69) is 39.6 Å². The van der Waals surface area contributed by atoms with Gasteiger partial charge >= 0.3 is 0 Å². The van der Waals surface area contributed by atoms with Crippen molar-refractivity contribution in [1.29, 1.82) is 0 Å². The summed E-state index contributed by atoms with van der Waals surface area (Å²) in [7, 11) is 4.04. The van der Waals surface area contributed by atoms with Crippen molar-refractivity contribution in [3.63, 3.8) is 0 Å². The van der Waals surface area contributed by atoms with Crippen LogP contribution < -0.4 is 5.32 Å². The van der Waals surface area contributed by atoms with Crippen molar-refractivity contribution in [2.24, 2.45) is 7.05 Å². The Morgan fingerprint density at radius 1 is 1.41 bits per heavy atom. The van der Waals surface area contributed by atoms with Crippen molar-refractivity contribution in [2.45, 2.75) is 25.4 Å². The SMILES string of the molecule is CNC1CCCN(Cc2cn(C)nc2-c2cccnc2)C1.Cl. The Bertz CT molecular complexity index is 583. The fourth-order valence-electron chi connectivity index (χ4n) is 3.07. The standard InChI is InChI=1S/C16H23N5.ClH/c1-17-15-6-4-8-21(12-15)11-14-10-20(2)19-16(14)13-5-3-7-18-9-13;/h3,5,7,9-10,15,17H,4,6,8,11-12H2,1-2H3;1H. The van der Waals surface area contributed by atoms with Gasteiger partial charge in [-0.3, -0.25) is 14.6 Å². The average molecular weight is 322 g/mol. The second-order valence-electron chi connectivity index (χ2n) is 5.78. The smallest absolute Gasteiger partial charge is 0.0983 e. The molecule has 0 saturated carbocycles. The molecule has 3 rings (SSSR count). The minimum Gasteiger partial charge on any atom is -0.316 e. The molecule has 5 nitrogen and oxygen atoms in total. The molecule has 1 fully saturated rings. The summed E-state index contributed by atoms with van der Waals surface area (Å²) in [5, 5.41) is 8.02. The second-order valence-corrected chi connectivity index (χ2v) is 5.78. The van der Waals surface area contributed by atoms with Crippen molar-refractivity contribution in [1.82, 2.24) is 25.0 Å². The normalized spacial score (nSPS) is 18.9. The molecule has 0 bridgehead atoms. The Morgan fingerprint density at radius 3 is 3.00 bits per heavy atom. The molecule has 2 aromatic rings. The Hall–Kier alpha value is -1.43. The third kappa shape index (κ3) is 3.85. The number of aryl methyl sites for hydroxylation is 1. The lowest BCUT2D eigenvalue weighted by Crippen LogP contribution is -2.43. The van der Waals surface area contributed by atoms with Crippen LogP contribution in [0.3, 0.4) is 0 Å². The number of likely N-dealkylation sites (tertiary alicyclic amines) is 1. The van der Waals surface area contributed by atoms with Gasteiger partial charge in [0.25, 0.3) is 0 Å². The highest BCUT2D eigenvalue weighted by Gasteiger charge is 2.20. The summed E-state index contributed by atoms with van der Waals surface area (Å²) in [5.41, 5.74) is 3.43. The maximum atomic E-state index is 4.62. The Balaban J connectivity index is 0.00000176. The predicted molar refractivity (Wildman–Crippen MR) is 91.0 cm³/mol. The fraction of sp³-hybridized carbons (Fsp3) is 0.500. The first-order valence-corrected chi connectivity index (χ1v) is 7.59. The predicted octanol–water partition coefficient (Wildman–Crippen LogP) is 2.09. The van der Waals surface area contributed by atoms with Gasteiger partial charge in [0.1, 0.15) is 0 Å². The number of rotatable bonds is 4. The van der Waals surface area contributed by atoms with Crippen LogP contribution in [0.1, 0.15) is 18.4 Å². The number of nitrogens with zero attached hydrogens (tertiary/aromatic N) is 4. The second kappa shape index (κ2) is 7.72. The molecule has 0 aromatic carbocycles. The lowest BCUT2D eigenvalue weighted by Gasteiger charge is -2.32. The zero-order valence-corrected chi connectivity index (χ0v) is 14.0. The topological polar surface area (TPSA) is 46.0 Å². The molecule has 1 unspecified atom stereocenters. The molecule has 120 valence electrons. The van der Waals surface area contributed by atoms with E-state index in [9.17, 15) is 0 Å². The van der Waals surface area contributed by atoms with Crippen molar-refractivity contribution < 1.29 is 0 Å². The molecule has 1 aliphatic rings. The molecule has 0 amide bonds. The third-order valence-electron chi connectivity index (χ3n) is 4.15. The fourth-order valence-corrected chi connectivity index (χ4v) is 3.07. The van der Waals surface area contributed by atoms with Crippen LogP contribution in [0.25, 0.3) is 11.3 Å². The van der Waals surface area contributed by atoms with E-state index < -0.39 is 0 Å². The molecule has 6 heteroatoms. The minimum atomic E-state index is 0. The van der Waals surface area contributed by atoms with E-state index in [1.54, 1.807) is 6.20 Å². The zero-order chi connectivity index (χ0) is 14.7. The van der Waals surface area contributed by atoms with E-state index in [1.807, 2.05) is 24.0 Å². The summed E-state index contributed by atoms with van der Waals surface area (Å²) in [4.78, 5) is 6.73. The lowest BCUT2D eigenvalue weighted by molar-refractivity contribution is 0.188. The molecule has 22 heavy (non-hydrogen) atoms. The number of aromatic nitrogens is 3. The summed E-state index contributed by atoms with van der Waals surface area (Å²) in [6.45, 7) is 3.23. The first kappa shape index (κ1) is 16.9. The molecule has 3 heterocycles. The van der Waals surface area contributed by atoms with Crippen LogP contribution in [0.4, 0.5) is 0 Å². The van der Waals surface area contributed by atoms with Crippen LogP contribution in [0.2, 0.25) is 0 Å². The van der Waals surface area contributed by atoms with Crippen molar-refractivity contribution >= 4 is 12.4 Å². The minimum absolute atomic E-state index is 0. The van der Waals surface area contributed by atoms with Crippen LogP contribution in [-0.2, 0) is 13.6 Å². The van der Waals surface area contributed by atoms with Gasteiger partial charge < -0.3 is 5.32 Å². The maximum Gasteiger partial charge on any atom is 0.0983 e. The van der Waals surface area contributed by atoms with Crippen molar-refractivity contribution in [2.75, 3.05) is 20.1 Å². The maximum absolute atomic E-state index is 4.62. The number of hydrogen-bond acceptors (Lipinski definition) is 4. The molecule has 0 radical (unpaired) electrons. The molecule has 0 spiro atoms. The van der Waals surface area contributed by atoms with Crippen molar-refractivity contribution in [3.8, 4) is 11.3 Å². The molecular weight excluding hydrogens is 298 g/mol. The quantitative estimate of drug-likeness (QED) is 0.936. The van der Waals surface area contributed by atoms with Gasteiger partial charge in [-0.15, -0.1) is 12.4 Å². The van der Waals surface area contributed by atoms with Crippen LogP contribution >= 0.6 is 12.4 Å². The summed E-state index contributed by atoms with van der Waals surface area (Å²) in [5.74, 6) is 0. The molecule has 1 saturated heterocycles. The number of nitrogens with one attached hydrogen (secondary N) is 1. The number of pyridine rings is 1. The van der Waals surface area contributed by atoms with Crippen LogP contribution in [0, 0.1) is 0 Å². The summed E-state index contributed by atoms with van der Waals surface area (Å²) in [6, 6.07) is 4.65. The first-order valence-electron chi connectivity index (χ1n) is 7.59. The summed E-state index contributed by atoms with van der Waals surface area (Å²) in [6.07, 6.45) is 8.35. The number of likely N-dealkylation sites (N-methyl/N-ethyl adjacent to an activating group) is 1. The van der Waals surface area contributed by atoms with E-state index >= 15 is 0 Å². The van der Waals surface area contributed by atoms with Gasteiger partial charge in [-0.05, 0) is 38.6 Å². The largest absolute Gasteiger partial charge is 0.316 e. The van der Waals surface area contributed by atoms with Crippen LogP contribution in [0.15, 0.2) is 30.7 Å². The Morgan fingerprint density at radius 2 is 2.27 bits per heavy atom. The number of halogens is 1. The van der Waals surface area contributed by atoms with E-state index in [1.165, 1.54) is 24.9 Å². The van der Waals surface area contributed by atoms with Gasteiger partial charge in [-0.2, -0.15) is 5.10 Å². The van der Waals surface area contributed by atoms with E-state index in [0.29, 0.717) is 6.04 Å². The van der Waals surface area contributed by atoms with E-state index in [-0.39, 0.29) is 12.4 Å². The monoisotopic (exact) mass is 321 g/mol. The lowest BCUT2D eigenvalue weighted by atomic mass is 10.0. The molecule has 0 aliphatic carbocycles. The zero-order valence-electron chi connectivity index (χ0n) is 13.2. The van der Waals surface area contributed by atoms with Gasteiger partial charge in [0.2, 0.25) is 0 Å². The summed E-state index contributed by atoms with van der Waals surface area (Å²) >= 11 is 0. The third-order valence-corrected chi connectivity index (χ3v) is 4.15. The van der Waals surface area contributed by atoms with Crippen molar-refractivity contribution in [3.05, 3.63) is 36.3 Å². The highest BCUT2D eigenvalue weighted by Crippen LogP contribution is 2.23. The van der Waals surface area contributed by atoms with E-state index in [4.69, 9.17) is 0 Å². The van der Waals surface area contributed by atoms with E-state index in [0.717, 1.165) is 24.3 Å². The summed E-state index contributed by atoms with van der Waals surface area (Å²) < 4.78 is 1.90. The van der Waals surface area contributed by atoms with Gasteiger partial charge in [0, 0.05) is 55.9 Å². The van der Waals surface area contributed by atoms with Gasteiger partial charge in [0.05, 0.1) is 5.69 Å². The van der Waals surface area contributed by atoms with Gasteiger partial charge in [0.15, 0.2) is 0 Å². The highest BCUT2D eigenvalue weighted by molar-refractivity contribution is 5.85. The van der Waals surface area contributed by atoms with Gasteiger partial charge in [-0.25, -0.2) is 0 Å². The molecule has 1 N–H and O–H groups in total. The Kier molecular flexibility index (Phi) is 5.94. The highest BCUT2D eigenvalue weighted by atomic mass is 35.5. The molecular formula is C16H24ClN5. The first-order chi connectivity index (χ1) is 10.3. The average Bonchev–Trinajstić information content (AvgIpc) is 2.89. The number of piperidine rings is 1. The molecule has 1 aliphatic heterocycles.